The molecule has 1 fully saturated rings. The van der Waals surface area contributed by atoms with Crippen LogP contribution in [0.15, 0.2) is 29.8 Å². The van der Waals surface area contributed by atoms with Crippen LogP contribution in [0.5, 0.6) is 11.6 Å². The van der Waals surface area contributed by atoms with Gasteiger partial charge in [0.05, 0.1) is 36.1 Å². The Kier molecular flexibility index (Phi) is 7.25. The smallest absolute Gasteiger partial charge is 0.244 e. The van der Waals surface area contributed by atoms with Crippen LogP contribution in [0.25, 0.3) is 10.2 Å². The minimum atomic E-state index is 0.00982. The van der Waals surface area contributed by atoms with E-state index in [0.29, 0.717) is 62.4 Å². The van der Waals surface area contributed by atoms with E-state index >= 15 is 0 Å². The lowest BCUT2D eigenvalue weighted by atomic mass is 10.1. The molecule has 0 saturated carbocycles. The van der Waals surface area contributed by atoms with Gasteiger partial charge in [0.25, 0.3) is 0 Å². The van der Waals surface area contributed by atoms with E-state index in [9.17, 15) is 10.1 Å². The van der Waals surface area contributed by atoms with Crippen molar-refractivity contribution in [2.75, 3.05) is 38.2 Å². The van der Waals surface area contributed by atoms with E-state index in [2.05, 4.69) is 31.7 Å². The second-order valence-corrected chi connectivity index (χ2v) is 9.63. The quantitative estimate of drug-likeness (QED) is 0.374. The summed E-state index contributed by atoms with van der Waals surface area (Å²) in [4.78, 5) is 23.4. The van der Waals surface area contributed by atoms with Crippen molar-refractivity contribution in [2.24, 2.45) is 0 Å². The van der Waals surface area contributed by atoms with Gasteiger partial charge in [-0.3, -0.25) is 4.79 Å². The monoisotopic (exact) mass is 518 g/mol. The lowest BCUT2D eigenvalue weighted by molar-refractivity contribution is -0.136. The zero-order valence-corrected chi connectivity index (χ0v) is 21.4. The molecule has 12 heteroatoms. The number of fused-ring (bicyclic) bond motifs is 1. The number of amides is 1. The van der Waals surface area contributed by atoms with Crippen molar-refractivity contribution in [1.29, 1.82) is 5.26 Å². The van der Waals surface area contributed by atoms with Gasteiger partial charge in [-0.05, 0) is 48.6 Å². The number of nitrogens with zero attached hydrogens (tertiary/aromatic N) is 7. The molecule has 4 heterocycles. The summed E-state index contributed by atoms with van der Waals surface area (Å²) >= 11 is 1.51. The summed E-state index contributed by atoms with van der Waals surface area (Å²) in [5.41, 5.74) is 3.87. The number of carbonyl (C=O) groups excluding carboxylic acids is 1. The van der Waals surface area contributed by atoms with Crippen molar-refractivity contribution in [2.45, 2.75) is 26.8 Å². The lowest BCUT2D eigenvalue weighted by Gasteiger charge is -2.26. The predicted octanol–water partition coefficient (Wildman–Crippen LogP) is 3.08. The first-order chi connectivity index (χ1) is 18.0. The Morgan fingerprint density at radius 3 is 2.78 bits per heavy atom. The second kappa shape index (κ2) is 10.9. The van der Waals surface area contributed by atoms with Crippen molar-refractivity contribution in [3.8, 4) is 17.7 Å². The summed E-state index contributed by atoms with van der Waals surface area (Å²) in [6.07, 6.45) is 2.37. The number of carbonyl (C=O) groups is 1. The molecule has 0 atom stereocenters. The number of aryl methyl sites for hydroxylation is 2. The number of ether oxygens (including phenoxy) is 2. The first-order valence-corrected chi connectivity index (χ1v) is 12.8. The first kappa shape index (κ1) is 24.6. The Labute approximate surface area is 217 Å². The number of benzene rings is 1. The van der Waals surface area contributed by atoms with Gasteiger partial charge < -0.3 is 19.7 Å². The maximum Gasteiger partial charge on any atom is 0.244 e. The van der Waals surface area contributed by atoms with Crippen LogP contribution in [0.2, 0.25) is 0 Å². The van der Waals surface area contributed by atoms with E-state index in [4.69, 9.17) is 9.47 Å². The third-order valence-electron chi connectivity index (χ3n) is 5.97. The molecule has 1 aliphatic heterocycles. The van der Waals surface area contributed by atoms with E-state index in [-0.39, 0.29) is 12.5 Å². The van der Waals surface area contributed by atoms with Crippen LogP contribution < -0.4 is 10.1 Å². The molecule has 1 aliphatic rings. The molecule has 0 bridgehead atoms. The highest BCUT2D eigenvalue weighted by atomic mass is 32.1. The van der Waals surface area contributed by atoms with Crippen LogP contribution in [0.3, 0.4) is 0 Å². The Morgan fingerprint density at radius 2 is 2.03 bits per heavy atom. The van der Waals surface area contributed by atoms with Gasteiger partial charge in [-0.2, -0.15) is 10.2 Å². The van der Waals surface area contributed by atoms with Gasteiger partial charge >= 0.3 is 0 Å². The van der Waals surface area contributed by atoms with Crippen LogP contribution in [0.4, 0.5) is 5.95 Å². The van der Waals surface area contributed by atoms with Crippen LogP contribution >= 0.6 is 11.3 Å². The molecule has 4 aromatic rings. The van der Waals surface area contributed by atoms with E-state index < -0.39 is 0 Å². The highest BCUT2D eigenvalue weighted by Gasteiger charge is 2.18. The van der Waals surface area contributed by atoms with E-state index in [1.807, 2.05) is 25.3 Å². The summed E-state index contributed by atoms with van der Waals surface area (Å²) in [5, 5.41) is 22.7. The topological polar surface area (TPSA) is 131 Å². The van der Waals surface area contributed by atoms with Crippen LogP contribution in [-0.4, -0.2) is 68.6 Å². The number of anilines is 1. The molecule has 1 amide bonds. The van der Waals surface area contributed by atoms with Gasteiger partial charge in [0.2, 0.25) is 17.7 Å². The molecule has 0 radical (unpaired) electrons. The molecule has 0 aliphatic carbocycles. The summed E-state index contributed by atoms with van der Waals surface area (Å²) in [6.45, 7) is 6.86. The zero-order chi connectivity index (χ0) is 25.8. The van der Waals surface area contributed by atoms with Crippen LogP contribution in [-0.2, 0) is 22.5 Å². The minimum Gasteiger partial charge on any atom is -0.437 e. The molecule has 5 rings (SSSR count). The molecular formula is C25H26N8O3S. The van der Waals surface area contributed by atoms with Crippen molar-refractivity contribution in [3.63, 3.8) is 0 Å². The van der Waals surface area contributed by atoms with Crippen LogP contribution in [0, 0.1) is 25.2 Å². The molecule has 3 aromatic heterocycles. The largest absolute Gasteiger partial charge is 0.437 e. The Balaban J connectivity index is 1.24. The van der Waals surface area contributed by atoms with Crippen molar-refractivity contribution < 1.29 is 14.3 Å². The standard InChI is InChI=1S/C25H26N8O3S/c1-16-11-18(13-26)12-17(2)22(16)36-24-23-20(4-10-37-23)28-25(29-24)27-5-3-19-14-33(31-30-19)15-21(34)32-6-8-35-9-7-32/h4,10-12,14H,3,5-9,15H2,1-2H3,(H,27,28,29). The van der Waals surface area contributed by atoms with Gasteiger partial charge in [-0.15, -0.1) is 16.4 Å². The summed E-state index contributed by atoms with van der Waals surface area (Å²) in [5.74, 6) is 1.60. The highest BCUT2D eigenvalue weighted by Crippen LogP contribution is 2.35. The Hall–Kier alpha value is -4.08. The number of morpholine rings is 1. The fourth-order valence-corrected chi connectivity index (χ4v) is 4.90. The molecule has 11 nitrogen and oxygen atoms in total. The average Bonchev–Trinajstić information content (AvgIpc) is 3.56. The van der Waals surface area contributed by atoms with Gasteiger partial charge in [0, 0.05) is 32.3 Å². The second-order valence-electron chi connectivity index (χ2n) is 8.72. The van der Waals surface area contributed by atoms with Gasteiger partial charge in [-0.25, -0.2) is 9.67 Å². The van der Waals surface area contributed by atoms with Crippen molar-refractivity contribution >= 4 is 33.4 Å². The van der Waals surface area contributed by atoms with Gasteiger partial charge in [-0.1, -0.05) is 5.21 Å². The Bertz CT molecular complexity index is 1450. The van der Waals surface area contributed by atoms with Gasteiger partial charge in [0.15, 0.2) is 0 Å². The van der Waals surface area contributed by atoms with Crippen LogP contribution in [0.1, 0.15) is 22.4 Å². The number of aromatic nitrogens is 5. The first-order valence-electron chi connectivity index (χ1n) is 11.9. The molecule has 0 spiro atoms. The fourth-order valence-electron chi connectivity index (χ4n) is 4.14. The zero-order valence-electron chi connectivity index (χ0n) is 20.6. The Morgan fingerprint density at radius 1 is 1.24 bits per heavy atom. The molecule has 0 unspecified atom stereocenters. The number of nitriles is 1. The molecule has 1 N–H and O–H groups in total. The summed E-state index contributed by atoms with van der Waals surface area (Å²) < 4.78 is 14.0. The molecular weight excluding hydrogens is 492 g/mol. The molecule has 1 saturated heterocycles. The third kappa shape index (κ3) is 5.68. The normalized spacial score (nSPS) is 13.5. The van der Waals surface area contributed by atoms with Crippen molar-refractivity contribution in [1.82, 2.24) is 29.9 Å². The highest BCUT2D eigenvalue weighted by molar-refractivity contribution is 7.17. The number of hydrogen-bond donors (Lipinski definition) is 1. The number of nitrogens with one attached hydrogen (secondary N) is 1. The third-order valence-corrected chi connectivity index (χ3v) is 6.86. The van der Waals surface area contributed by atoms with Crippen molar-refractivity contribution in [3.05, 3.63) is 52.2 Å². The molecule has 37 heavy (non-hydrogen) atoms. The van der Waals surface area contributed by atoms with E-state index in [1.54, 1.807) is 27.9 Å². The van der Waals surface area contributed by atoms with E-state index in [0.717, 1.165) is 27.0 Å². The van der Waals surface area contributed by atoms with Gasteiger partial charge in [0.1, 0.15) is 17.0 Å². The summed E-state index contributed by atoms with van der Waals surface area (Å²) in [7, 11) is 0. The lowest BCUT2D eigenvalue weighted by Crippen LogP contribution is -2.42. The maximum absolute atomic E-state index is 12.4. The van der Waals surface area contributed by atoms with E-state index in [1.165, 1.54) is 11.3 Å². The predicted molar refractivity (Wildman–Crippen MR) is 138 cm³/mol. The number of rotatable bonds is 8. The number of thiophene rings is 1. The molecule has 190 valence electrons. The maximum atomic E-state index is 12.4. The number of hydrogen-bond acceptors (Lipinski definition) is 10. The SMILES string of the molecule is Cc1cc(C#N)cc(C)c1Oc1nc(NCCc2cn(CC(=O)N3CCOCC3)nn2)nc2ccsc12. The summed E-state index contributed by atoms with van der Waals surface area (Å²) in [6, 6.07) is 7.70. The molecule has 1 aromatic carbocycles. The minimum absolute atomic E-state index is 0.00982. The fraction of sp³-hybridized carbons (Fsp3) is 0.360. The average molecular weight is 519 g/mol.